The summed E-state index contributed by atoms with van der Waals surface area (Å²) in [6.45, 7) is 0.326. The molecular weight excluding hydrogens is 198 g/mol. The lowest BCUT2D eigenvalue weighted by molar-refractivity contribution is -0.136. The zero-order chi connectivity index (χ0) is 10.7. The van der Waals surface area contributed by atoms with Crippen LogP contribution < -0.4 is 5.32 Å². The third-order valence-corrected chi connectivity index (χ3v) is 1.91. The van der Waals surface area contributed by atoms with Crippen LogP contribution in [-0.4, -0.2) is 27.8 Å². The highest BCUT2D eigenvalue weighted by Gasteiger charge is 2.05. The first kappa shape index (κ1) is 9.45. The molecule has 0 aliphatic heterocycles. The van der Waals surface area contributed by atoms with E-state index in [2.05, 4.69) is 15.5 Å². The maximum atomic E-state index is 10.3. The number of anilines is 1. The predicted molar refractivity (Wildman–Crippen MR) is 52.5 cm³/mol. The third kappa shape index (κ3) is 2.04. The summed E-state index contributed by atoms with van der Waals surface area (Å²) in [6, 6.07) is 1.70. The second kappa shape index (κ2) is 3.95. The lowest BCUT2D eigenvalue weighted by Gasteiger charge is -2.02. The van der Waals surface area contributed by atoms with Crippen LogP contribution >= 0.6 is 0 Å². The summed E-state index contributed by atoms with van der Waals surface area (Å²) in [5, 5.41) is 15.8. The molecule has 2 aromatic heterocycles. The van der Waals surface area contributed by atoms with Gasteiger partial charge < -0.3 is 14.9 Å². The molecule has 0 unspecified atom stereocenters. The van der Waals surface area contributed by atoms with Crippen LogP contribution in [0.3, 0.4) is 0 Å². The van der Waals surface area contributed by atoms with Gasteiger partial charge >= 0.3 is 5.97 Å². The minimum Gasteiger partial charge on any atom is -0.481 e. The highest BCUT2D eigenvalue weighted by Crippen LogP contribution is 2.19. The minimum atomic E-state index is -0.847. The van der Waals surface area contributed by atoms with Gasteiger partial charge in [-0.05, 0) is 0 Å². The van der Waals surface area contributed by atoms with Gasteiger partial charge in [-0.15, -0.1) is 0 Å². The lowest BCUT2D eigenvalue weighted by Crippen LogP contribution is -2.08. The number of carbonyl (C=O) groups is 1. The third-order valence-electron chi connectivity index (χ3n) is 1.91. The number of hydrogen-bond donors (Lipinski definition) is 2. The molecule has 2 aromatic rings. The molecule has 0 aliphatic rings. The van der Waals surface area contributed by atoms with Crippen LogP contribution in [0.4, 0.5) is 5.82 Å². The molecule has 6 nitrogen and oxygen atoms in total. The first-order valence-electron chi connectivity index (χ1n) is 4.42. The highest BCUT2D eigenvalue weighted by molar-refractivity contribution is 5.87. The normalized spacial score (nSPS) is 10.4. The van der Waals surface area contributed by atoms with Gasteiger partial charge in [0.1, 0.15) is 5.82 Å². The highest BCUT2D eigenvalue weighted by atomic mass is 16.5. The van der Waals surface area contributed by atoms with E-state index in [0.29, 0.717) is 17.9 Å². The molecule has 0 radical (unpaired) electrons. The Morgan fingerprint density at radius 3 is 3.27 bits per heavy atom. The molecule has 2 rings (SSSR count). The standard InChI is InChI=1S/C9H9N3O3/c13-8(14)2-4-11-9-6-5-12-15-7(6)1-3-10-9/h1,3,5H,2,4H2,(H,10,11)(H,13,14). The Balaban J connectivity index is 2.13. The second-order valence-electron chi connectivity index (χ2n) is 2.97. The van der Waals surface area contributed by atoms with Crippen molar-refractivity contribution >= 4 is 22.8 Å². The molecule has 2 N–H and O–H groups in total. The molecule has 0 saturated carbocycles. The summed E-state index contributed by atoms with van der Waals surface area (Å²) < 4.78 is 4.94. The fraction of sp³-hybridized carbons (Fsp3) is 0.222. The van der Waals surface area contributed by atoms with E-state index in [0.717, 1.165) is 5.39 Å². The Kier molecular flexibility index (Phi) is 2.49. The number of aromatic nitrogens is 2. The van der Waals surface area contributed by atoms with Crippen molar-refractivity contribution in [2.24, 2.45) is 0 Å². The monoisotopic (exact) mass is 207 g/mol. The van der Waals surface area contributed by atoms with Gasteiger partial charge in [-0.25, -0.2) is 4.98 Å². The second-order valence-corrected chi connectivity index (χ2v) is 2.97. The van der Waals surface area contributed by atoms with E-state index < -0.39 is 5.97 Å². The molecule has 0 aliphatic carbocycles. The number of carboxylic acid groups (broad SMARTS) is 1. The number of aliphatic carboxylic acids is 1. The number of nitrogens with zero attached hydrogens (tertiary/aromatic N) is 2. The Morgan fingerprint density at radius 1 is 1.60 bits per heavy atom. The lowest BCUT2D eigenvalue weighted by atomic mass is 10.3. The first-order valence-corrected chi connectivity index (χ1v) is 4.42. The maximum absolute atomic E-state index is 10.3. The Labute approximate surface area is 84.9 Å². The molecule has 0 saturated heterocycles. The van der Waals surface area contributed by atoms with Crippen molar-refractivity contribution in [1.29, 1.82) is 0 Å². The van der Waals surface area contributed by atoms with E-state index in [1.165, 1.54) is 0 Å². The molecule has 0 atom stereocenters. The van der Waals surface area contributed by atoms with Crippen LogP contribution in [0.5, 0.6) is 0 Å². The molecule has 0 spiro atoms. The van der Waals surface area contributed by atoms with Gasteiger partial charge in [0, 0.05) is 18.8 Å². The fourth-order valence-electron chi connectivity index (χ4n) is 1.22. The number of pyridine rings is 1. The number of carboxylic acids is 1. The summed E-state index contributed by atoms with van der Waals surface area (Å²) in [7, 11) is 0. The summed E-state index contributed by atoms with van der Waals surface area (Å²) in [5.74, 6) is -0.255. The zero-order valence-electron chi connectivity index (χ0n) is 7.80. The van der Waals surface area contributed by atoms with E-state index in [1.54, 1.807) is 18.5 Å². The van der Waals surface area contributed by atoms with E-state index in [4.69, 9.17) is 9.63 Å². The fourth-order valence-corrected chi connectivity index (χ4v) is 1.22. The number of nitrogens with one attached hydrogen (secondary N) is 1. The van der Waals surface area contributed by atoms with E-state index in [-0.39, 0.29) is 6.42 Å². The molecule has 78 valence electrons. The van der Waals surface area contributed by atoms with Crippen molar-refractivity contribution in [2.45, 2.75) is 6.42 Å². The van der Waals surface area contributed by atoms with Gasteiger partial charge in [0.05, 0.1) is 18.0 Å². The van der Waals surface area contributed by atoms with Crippen LogP contribution in [-0.2, 0) is 4.79 Å². The van der Waals surface area contributed by atoms with Gasteiger partial charge in [-0.2, -0.15) is 0 Å². The van der Waals surface area contributed by atoms with Crippen molar-refractivity contribution in [3.05, 3.63) is 18.5 Å². The molecule has 2 heterocycles. The van der Waals surface area contributed by atoms with E-state index in [1.807, 2.05) is 0 Å². The van der Waals surface area contributed by atoms with Gasteiger partial charge in [-0.1, -0.05) is 5.16 Å². The van der Waals surface area contributed by atoms with Crippen molar-refractivity contribution < 1.29 is 14.4 Å². The summed E-state index contributed by atoms with van der Waals surface area (Å²) >= 11 is 0. The van der Waals surface area contributed by atoms with Gasteiger partial charge in [0.25, 0.3) is 0 Å². The average Bonchev–Trinajstić information content (AvgIpc) is 2.65. The van der Waals surface area contributed by atoms with Crippen LogP contribution in [0.2, 0.25) is 0 Å². The Morgan fingerprint density at radius 2 is 2.47 bits per heavy atom. The van der Waals surface area contributed by atoms with E-state index >= 15 is 0 Å². The van der Waals surface area contributed by atoms with Gasteiger partial charge in [0.2, 0.25) is 0 Å². The van der Waals surface area contributed by atoms with Crippen LogP contribution in [0.15, 0.2) is 23.0 Å². The van der Waals surface area contributed by atoms with Crippen molar-refractivity contribution in [3.63, 3.8) is 0 Å². The Hall–Kier alpha value is -2.11. The number of hydrogen-bond acceptors (Lipinski definition) is 5. The van der Waals surface area contributed by atoms with Crippen LogP contribution in [0, 0.1) is 0 Å². The SMILES string of the molecule is O=C(O)CCNc1nccc2oncc12. The molecule has 0 fully saturated rings. The van der Waals surface area contributed by atoms with Crippen molar-refractivity contribution in [2.75, 3.05) is 11.9 Å². The van der Waals surface area contributed by atoms with Crippen molar-refractivity contribution in [3.8, 4) is 0 Å². The maximum Gasteiger partial charge on any atom is 0.305 e. The molecule has 6 heteroatoms. The zero-order valence-corrected chi connectivity index (χ0v) is 7.80. The quantitative estimate of drug-likeness (QED) is 0.780. The Bertz CT molecular complexity index is 480. The summed E-state index contributed by atoms with van der Waals surface area (Å²) in [4.78, 5) is 14.4. The molecule has 0 aromatic carbocycles. The number of rotatable bonds is 4. The molecule has 15 heavy (non-hydrogen) atoms. The summed E-state index contributed by atoms with van der Waals surface area (Å²) in [6.07, 6.45) is 3.17. The van der Waals surface area contributed by atoms with Crippen molar-refractivity contribution in [1.82, 2.24) is 10.1 Å². The molecular formula is C9H9N3O3. The molecule has 0 bridgehead atoms. The average molecular weight is 207 g/mol. The number of fused-ring (bicyclic) bond motifs is 1. The smallest absolute Gasteiger partial charge is 0.305 e. The first-order chi connectivity index (χ1) is 7.27. The van der Waals surface area contributed by atoms with Gasteiger partial charge in [0.15, 0.2) is 5.58 Å². The van der Waals surface area contributed by atoms with Gasteiger partial charge in [-0.3, -0.25) is 4.79 Å². The van der Waals surface area contributed by atoms with Crippen LogP contribution in [0.25, 0.3) is 11.0 Å². The largest absolute Gasteiger partial charge is 0.481 e. The van der Waals surface area contributed by atoms with E-state index in [9.17, 15) is 4.79 Å². The predicted octanol–water partition coefficient (Wildman–Crippen LogP) is 1.11. The topological polar surface area (TPSA) is 88.2 Å². The van der Waals surface area contributed by atoms with Crippen LogP contribution in [0.1, 0.15) is 6.42 Å². The molecule has 0 amide bonds. The minimum absolute atomic E-state index is 0.0450. The summed E-state index contributed by atoms with van der Waals surface area (Å²) in [5.41, 5.74) is 0.628.